The van der Waals surface area contributed by atoms with Crippen LogP contribution < -0.4 is 10.6 Å². The molecule has 0 fully saturated rings. The Morgan fingerprint density at radius 3 is 2.84 bits per heavy atom. The van der Waals surface area contributed by atoms with Crippen LogP contribution in [0.25, 0.3) is 0 Å². The van der Waals surface area contributed by atoms with Gasteiger partial charge in [0.1, 0.15) is 5.15 Å². The lowest BCUT2D eigenvalue weighted by Gasteiger charge is -2.10. The van der Waals surface area contributed by atoms with Crippen LogP contribution in [0.2, 0.25) is 5.15 Å². The van der Waals surface area contributed by atoms with Crippen LogP contribution in [-0.4, -0.2) is 22.4 Å². The summed E-state index contributed by atoms with van der Waals surface area (Å²) in [5, 5.41) is 6.02. The summed E-state index contributed by atoms with van der Waals surface area (Å²) in [5.74, 6) is -0.0948. The first-order chi connectivity index (χ1) is 9.20. The molecule has 0 aliphatic rings. The van der Waals surface area contributed by atoms with E-state index in [9.17, 15) is 4.79 Å². The summed E-state index contributed by atoms with van der Waals surface area (Å²) in [6, 6.07) is 8.79. The number of rotatable bonds is 4. The first-order valence-corrected chi connectivity index (χ1v) is 6.21. The molecule has 6 heteroatoms. The highest BCUT2D eigenvalue weighted by Gasteiger charge is 2.11. The fraction of sp³-hybridized carbons (Fsp3) is 0.154. The Morgan fingerprint density at radius 2 is 2.11 bits per heavy atom. The van der Waals surface area contributed by atoms with E-state index >= 15 is 0 Å². The number of para-hydroxylation sites is 1. The molecule has 0 unspecified atom stereocenters. The Morgan fingerprint density at radius 1 is 1.32 bits per heavy atom. The first kappa shape index (κ1) is 13.3. The van der Waals surface area contributed by atoms with Gasteiger partial charge in [0, 0.05) is 18.4 Å². The Balaban J connectivity index is 2.20. The lowest BCUT2D eigenvalue weighted by Crippen LogP contribution is -2.16. The van der Waals surface area contributed by atoms with Crippen molar-refractivity contribution in [2.45, 2.75) is 6.92 Å². The van der Waals surface area contributed by atoms with Crippen molar-refractivity contribution < 1.29 is 4.79 Å². The van der Waals surface area contributed by atoms with Crippen LogP contribution in [0.15, 0.2) is 36.5 Å². The molecule has 1 heterocycles. The topological polar surface area (TPSA) is 66.9 Å². The van der Waals surface area contributed by atoms with E-state index in [4.69, 9.17) is 11.6 Å². The van der Waals surface area contributed by atoms with Crippen LogP contribution in [0.4, 0.5) is 11.6 Å². The fourth-order valence-electron chi connectivity index (χ4n) is 1.59. The number of aromatic nitrogens is 2. The van der Waals surface area contributed by atoms with Gasteiger partial charge in [-0.3, -0.25) is 10.1 Å². The molecule has 0 saturated carbocycles. The molecule has 98 valence electrons. The minimum Gasteiger partial charge on any atom is -0.385 e. The summed E-state index contributed by atoms with van der Waals surface area (Å²) in [6.07, 6.45) is 1.49. The maximum atomic E-state index is 12.1. The van der Waals surface area contributed by atoms with Crippen molar-refractivity contribution in [1.29, 1.82) is 0 Å². The van der Waals surface area contributed by atoms with Gasteiger partial charge in [0.2, 0.25) is 5.95 Å². The summed E-state index contributed by atoms with van der Waals surface area (Å²) >= 11 is 5.74. The third-order valence-electron chi connectivity index (χ3n) is 2.39. The van der Waals surface area contributed by atoms with E-state index in [1.165, 1.54) is 6.20 Å². The van der Waals surface area contributed by atoms with Gasteiger partial charge in [-0.1, -0.05) is 23.7 Å². The molecule has 0 saturated heterocycles. The van der Waals surface area contributed by atoms with Crippen molar-refractivity contribution >= 4 is 29.1 Å². The van der Waals surface area contributed by atoms with Gasteiger partial charge in [0.25, 0.3) is 5.91 Å². The molecule has 0 aliphatic carbocycles. The zero-order valence-electron chi connectivity index (χ0n) is 10.4. The van der Waals surface area contributed by atoms with Crippen LogP contribution in [0, 0.1) is 0 Å². The Labute approximate surface area is 116 Å². The van der Waals surface area contributed by atoms with Gasteiger partial charge in [-0.05, 0) is 25.1 Å². The van der Waals surface area contributed by atoms with Crippen molar-refractivity contribution in [1.82, 2.24) is 9.97 Å². The smallest absolute Gasteiger partial charge is 0.260 e. The third kappa shape index (κ3) is 3.42. The molecule has 5 nitrogen and oxygen atoms in total. The lowest BCUT2D eigenvalue weighted by molar-refractivity contribution is 0.102. The molecule has 0 bridgehead atoms. The van der Waals surface area contributed by atoms with Gasteiger partial charge >= 0.3 is 0 Å². The number of carbonyl (C=O) groups is 1. The predicted molar refractivity (Wildman–Crippen MR) is 75.6 cm³/mol. The number of carbonyl (C=O) groups excluding carboxylic acids is 1. The minimum absolute atomic E-state index is 0.184. The van der Waals surface area contributed by atoms with E-state index < -0.39 is 0 Å². The molecule has 1 amide bonds. The summed E-state index contributed by atoms with van der Waals surface area (Å²) in [7, 11) is 0. The van der Waals surface area contributed by atoms with E-state index in [-0.39, 0.29) is 17.0 Å². The second kappa shape index (κ2) is 6.15. The minimum atomic E-state index is -0.279. The Kier molecular flexibility index (Phi) is 4.30. The highest BCUT2D eigenvalue weighted by atomic mass is 35.5. The van der Waals surface area contributed by atoms with E-state index in [0.29, 0.717) is 5.56 Å². The molecule has 2 N–H and O–H groups in total. The number of halogens is 1. The third-order valence-corrected chi connectivity index (χ3v) is 2.60. The van der Waals surface area contributed by atoms with Crippen molar-refractivity contribution in [3.63, 3.8) is 0 Å². The van der Waals surface area contributed by atoms with Gasteiger partial charge in [-0.2, -0.15) is 0 Å². The van der Waals surface area contributed by atoms with Crippen molar-refractivity contribution in [2.24, 2.45) is 0 Å². The first-order valence-electron chi connectivity index (χ1n) is 5.83. The number of hydrogen-bond acceptors (Lipinski definition) is 4. The van der Waals surface area contributed by atoms with Crippen molar-refractivity contribution in [3.8, 4) is 0 Å². The molecule has 0 spiro atoms. The second-order valence-electron chi connectivity index (χ2n) is 3.73. The van der Waals surface area contributed by atoms with Gasteiger partial charge in [-0.15, -0.1) is 0 Å². The van der Waals surface area contributed by atoms with Crippen molar-refractivity contribution in [2.75, 3.05) is 17.2 Å². The van der Waals surface area contributed by atoms with Crippen LogP contribution in [-0.2, 0) is 0 Å². The van der Waals surface area contributed by atoms with Crippen LogP contribution >= 0.6 is 11.6 Å². The number of amides is 1. The number of nitrogens with zero attached hydrogens (tertiary/aromatic N) is 2. The zero-order chi connectivity index (χ0) is 13.7. The molecular formula is C13H13ClN4O. The van der Waals surface area contributed by atoms with Crippen LogP contribution in [0.1, 0.15) is 17.3 Å². The summed E-state index contributed by atoms with van der Waals surface area (Å²) in [6.45, 7) is 2.70. The van der Waals surface area contributed by atoms with E-state index in [1.54, 1.807) is 18.2 Å². The standard InChI is InChI=1S/C13H13ClN4O/c1-2-15-10-6-4-3-5-9(10)12(19)18-13-16-8-7-11(14)17-13/h3-8,15H,2H2,1H3,(H,16,17,18,19). The Bertz CT molecular complexity index is 588. The molecule has 1 aromatic heterocycles. The number of benzene rings is 1. The maximum absolute atomic E-state index is 12.1. The largest absolute Gasteiger partial charge is 0.385 e. The molecule has 19 heavy (non-hydrogen) atoms. The fourth-order valence-corrected chi connectivity index (χ4v) is 1.73. The SMILES string of the molecule is CCNc1ccccc1C(=O)Nc1nccc(Cl)n1. The van der Waals surface area contributed by atoms with Gasteiger partial charge in [0.05, 0.1) is 5.56 Å². The molecule has 2 aromatic rings. The molecule has 0 atom stereocenters. The van der Waals surface area contributed by atoms with E-state index in [0.717, 1.165) is 12.2 Å². The number of hydrogen-bond donors (Lipinski definition) is 2. The lowest BCUT2D eigenvalue weighted by atomic mass is 10.1. The molecule has 0 radical (unpaired) electrons. The summed E-state index contributed by atoms with van der Waals surface area (Å²) < 4.78 is 0. The quantitative estimate of drug-likeness (QED) is 0.843. The molecular weight excluding hydrogens is 264 g/mol. The Hall–Kier alpha value is -2.14. The summed E-state index contributed by atoms with van der Waals surface area (Å²) in [4.78, 5) is 20.0. The van der Waals surface area contributed by atoms with Crippen LogP contribution in [0.3, 0.4) is 0 Å². The van der Waals surface area contributed by atoms with Crippen LogP contribution in [0.5, 0.6) is 0 Å². The van der Waals surface area contributed by atoms with E-state index in [2.05, 4.69) is 20.6 Å². The average Bonchev–Trinajstić information content (AvgIpc) is 2.39. The number of anilines is 2. The van der Waals surface area contributed by atoms with Gasteiger partial charge in [-0.25, -0.2) is 9.97 Å². The molecule has 0 aliphatic heterocycles. The highest BCUT2D eigenvalue weighted by molar-refractivity contribution is 6.29. The monoisotopic (exact) mass is 276 g/mol. The van der Waals surface area contributed by atoms with Crippen molar-refractivity contribution in [3.05, 3.63) is 47.2 Å². The van der Waals surface area contributed by atoms with Gasteiger partial charge < -0.3 is 5.32 Å². The number of nitrogens with one attached hydrogen (secondary N) is 2. The highest BCUT2D eigenvalue weighted by Crippen LogP contribution is 2.16. The van der Waals surface area contributed by atoms with E-state index in [1.807, 2.05) is 19.1 Å². The molecule has 2 rings (SSSR count). The predicted octanol–water partition coefficient (Wildman–Crippen LogP) is 2.81. The maximum Gasteiger partial charge on any atom is 0.260 e. The zero-order valence-corrected chi connectivity index (χ0v) is 11.1. The second-order valence-corrected chi connectivity index (χ2v) is 4.12. The average molecular weight is 277 g/mol. The van der Waals surface area contributed by atoms with Gasteiger partial charge in [0.15, 0.2) is 0 Å². The molecule has 1 aromatic carbocycles. The summed E-state index contributed by atoms with van der Waals surface area (Å²) in [5.41, 5.74) is 1.30. The normalized spacial score (nSPS) is 10.0.